The van der Waals surface area contributed by atoms with E-state index in [0.717, 1.165) is 25.7 Å². The van der Waals surface area contributed by atoms with Crippen molar-refractivity contribution in [3.8, 4) is 5.69 Å². The Balaban J connectivity index is 2.06. The van der Waals surface area contributed by atoms with E-state index >= 15 is 0 Å². The zero-order chi connectivity index (χ0) is 23.5. The second-order valence-corrected chi connectivity index (χ2v) is 8.82. The van der Waals surface area contributed by atoms with Gasteiger partial charge in [-0.1, -0.05) is 44.7 Å². The van der Waals surface area contributed by atoms with Gasteiger partial charge in [0.25, 0.3) is 0 Å². The summed E-state index contributed by atoms with van der Waals surface area (Å²) in [6, 6.07) is 5.46. The predicted molar refractivity (Wildman–Crippen MR) is 124 cm³/mol. The normalized spacial score (nSPS) is 11.9. The van der Waals surface area contributed by atoms with Crippen molar-refractivity contribution in [2.75, 3.05) is 19.0 Å². The second-order valence-electron chi connectivity index (χ2n) is 7.29. The number of esters is 2. The number of hydrogen-bond acceptors (Lipinski definition) is 6. The van der Waals surface area contributed by atoms with E-state index in [1.54, 1.807) is 13.0 Å². The Morgan fingerprint density at radius 2 is 2.00 bits per heavy atom. The zero-order valence-corrected chi connectivity index (χ0v) is 20.3. The summed E-state index contributed by atoms with van der Waals surface area (Å²) in [5, 5.41) is 5.08. The summed E-state index contributed by atoms with van der Waals surface area (Å²) in [5.41, 5.74) is 0.382. The van der Waals surface area contributed by atoms with E-state index < -0.39 is 11.8 Å². The van der Waals surface area contributed by atoms with Gasteiger partial charge in [-0.15, -0.1) is 11.8 Å². The van der Waals surface area contributed by atoms with Crippen molar-refractivity contribution in [3.05, 3.63) is 40.8 Å². The molecule has 0 amide bonds. The summed E-state index contributed by atoms with van der Waals surface area (Å²) in [4.78, 5) is 24.3. The lowest BCUT2D eigenvalue weighted by molar-refractivity contribution is -0.144. The summed E-state index contributed by atoms with van der Waals surface area (Å²) in [6.45, 7) is 6.58. The lowest BCUT2D eigenvalue weighted by atomic mass is 10.0. The lowest BCUT2D eigenvalue weighted by Gasteiger charge is -2.14. The van der Waals surface area contributed by atoms with Gasteiger partial charge < -0.3 is 9.47 Å². The Morgan fingerprint density at radius 3 is 2.69 bits per heavy atom. The number of carbonyl (C=O) groups is 2. The number of halogens is 2. The molecule has 0 aliphatic carbocycles. The molecule has 0 aliphatic heterocycles. The van der Waals surface area contributed by atoms with E-state index in [2.05, 4.69) is 18.9 Å². The third kappa shape index (κ3) is 7.81. The Hall–Kier alpha value is -2.06. The molecule has 6 nitrogen and oxygen atoms in total. The molecule has 0 bridgehead atoms. The molecule has 32 heavy (non-hydrogen) atoms. The van der Waals surface area contributed by atoms with Crippen LogP contribution in [0.1, 0.15) is 63.4 Å². The third-order valence-corrected chi connectivity index (χ3v) is 6.19. The Labute approximate surface area is 197 Å². The maximum atomic E-state index is 13.8. The number of carbonyl (C=O) groups excluding carboxylic acids is 2. The molecule has 0 fully saturated rings. The molecule has 1 aromatic carbocycles. The highest BCUT2D eigenvalue weighted by Crippen LogP contribution is 2.29. The van der Waals surface area contributed by atoms with Gasteiger partial charge in [0, 0.05) is 17.9 Å². The number of thioether (sulfide) groups is 1. The Kier molecular flexibility index (Phi) is 11.0. The van der Waals surface area contributed by atoms with Gasteiger partial charge >= 0.3 is 11.9 Å². The fourth-order valence-corrected chi connectivity index (χ4v) is 4.14. The van der Waals surface area contributed by atoms with Crippen LogP contribution in [0.3, 0.4) is 0 Å². The molecule has 0 saturated heterocycles. The van der Waals surface area contributed by atoms with E-state index in [9.17, 15) is 14.0 Å². The molecule has 0 aliphatic rings. The summed E-state index contributed by atoms with van der Waals surface area (Å²) >= 11 is 7.54. The molecule has 0 saturated carbocycles. The second kappa shape index (κ2) is 13.5. The van der Waals surface area contributed by atoms with Crippen LogP contribution in [0.5, 0.6) is 0 Å². The topological polar surface area (TPSA) is 70.4 Å². The van der Waals surface area contributed by atoms with E-state index in [-0.39, 0.29) is 29.7 Å². The maximum Gasteiger partial charge on any atom is 0.358 e. The van der Waals surface area contributed by atoms with Gasteiger partial charge in [0.2, 0.25) is 0 Å². The van der Waals surface area contributed by atoms with Crippen LogP contribution in [-0.2, 0) is 14.3 Å². The highest BCUT2D eigenvalue weighted by atomic mass is 35.5. The molecule has 0 spiro atoms. The average molecular weight is 485 g/mol. The van der Waals surface area contributed by atoms with E-state index in [4.69, 9.17) is 21.1 Å². The molecule has 1 aromatic heterocycles. The van der Waals surface area contributed by atoms with E-state index in [1.807, 2.05) is 0 Å². The van der Waals surface area contributed by atoms with Crippen LogP contribution in [0.25, 0.3) is 5.69 Å². The third-order valence-electron chi connectivity index (χ3n) is 4.88. The molecule has 1 unspecified atom stereocenters. The first-order chi connectivity index (χ1) is 15.4. The van der Waals surface area contributed by atoms with Crippen LogP contribution in [-0.4, -0.2) is 40.7 Å². The van der Waals surface area contributed by atoms with Gasteiger partial charge in [-0.05, 0) is 31.4 Å². The number of ether oxygens (including phenoxy) is 2. The van der Waals surface area contributed by atoms with Crippen molar-refractivity contribution >= 4 is 35.3 Å². The lowest BCUT2D eigenvalue weighted by Crippen LogP contribution is -2.14. The van der Waals surface area contributed by atoms with Gasteiger partial charge in [0.15, 0.2) is 5.69 Å². The molecule has 1 heterocycles. The van der Waals surface area contributed by atoms with Crippen LogP contribution in [0.15, 0.2) is 29.3 Å². The molecule has 9 heteroatoms. The molecule has 2 rings (SSSR count). The van der Waals surface area contributed by atoms with E-state index in [0.29, 0.717) is 29.0 Å². The first-order valence-electron chi connectivity index (χ1n) is 10.9. The number of rotatable bonds is 13. The summed E-state index contributed by atoms with van der Waals surface area (Å²) < 4.78 is 25.7. The van der Waals surface area contributed by atoms with Crippen molar-refractivity contribution in [1.29, 1.82) is 0 Å². The van der Waals surface area contributed by atoms with Crippen LogP contribution in [0.4, 0.5) is 4.39 Å². The Bertz CT molecular complexity index is 906. The van der Waals surface area contributed by atoms with Crippen LogP contribution >= 0.6 is 23.4 Å². The van der Waals surface area contributed by atoms with Crippen molar-refractivity contribution in [1.82, 2.24) is 9.78 Å². The number of benzene rings is 1. The van der Waals surface area contributed by atoms with Crippen molar-refractivity contribution in [3.63, 3.8) is 0 Å². The van der Waals surface area contributed by atoms with Crippen LogP contribution < -0.4 is 0 Å². The summed E-state index contributed by atoms with van der Waals surface area (Å²) in [6.07, 6.45) is 4.48. The highest BCUT2D eigenvalue weighted by molar-refractivity contribution is 7.99. The first kappa shape index (κ1) is 26.2. The number of hydrogen-bond donors (Lipinski definition) is 0. The highest BCUT2D eigenvalue weighted by Gasteiger charge is 2.19. The first-order valence-corrected chi connectivity index (χ1v) is 12.3. The molecule has 0 radical (unpaired) electrons. The molecule has 0 N–H and O–H groups in total. The zero-order valence-electron chi connectivity index (χ0n) is 18.7. The smallest absolute Gasteiger partial charge is 0.358 e. The monoisotopic (exact) mass is 484 g/mol. The SMILES string of the molecule is CCCCC(CC)COC(=O)CCSc1cc(C(=O)OCC)nn1-c1cc(F)ccc1Cl. The molecule has 1 atom stereocenters. The standard InChI is InChI=1S/C23H30ClFN2O4S/c1-4-7-8-16(5-2)15-31-22(28)11-12-32-21-14-19(23(29)30-6-3)26-27(21)20-13-17(25)9-10-18(20)24/h9-10,13-14,16H,4-8,11-12,15H2,1-3H3. The van der Waals surface area contributed by atoms with Gasteiger partial charge in [-0.2, -0.15) is 5.10 Å². The number of unbranched alkanes of at least 4 members (excludes halogenated alkanes) is 1. The average Bonchev–Trinajstić information content (AvgIpc) is 3.20. The predicted octanol–water partition coefficient (Wildman–Crippen LogP) is 6.08. The largest absolute Gasteiger partial charge is 0.465 e. The van der Waals surface area contributed by atoms with E-state index in [1.165, 1.54) is 34.6 Å². The van der Waals surface area contributed by atoms with Crippen LogP contribution in [0.2, 0.25) is 5.02 Å². The van der Waals surface area contributed by atoms with Crippen LogP contribution in [0, 0.1) is 11.7 Å². The minimum Gasteiger partial charge on any atom is -0.465 e. The maximum absolute atomic E-state index is 13.8. The van der Waals surface area contributed by atoms with Crippen molar-refractivity contribution < 1.29 is 23.5 Å². The van der Waals surface area contributed by atoms with Gasteiger partial charge in [0.1, 0.15) is 10.8 Å². The molecule has 2 aromatic rings. The van der Waals surface area contributed by atoms with Gasteiger partial charge in [0.05, 0.1) is 30.3 Å². The van der Waals surface area contributed by atoms with Crippen molar-refractivity contribution in [2.45, 2.75) is 57.9 Å². The van der Waals surface area contributed by atoms with Gasteiger partial charge in [-0.3, -0.25) is 4.79 Å². The van der Waals surface area contributed by atoms with Crippen molar-refractivity contribution in [2.24, 2.45) is 5.92 Å². The molecular formula is C23H30ClFN2O4S. The number of nitrogens with zero attached hydrogens (tertiary/aromatic N) is 2. The minimum absolute atomic E-state index is 0.0824. The summed E-state index contributed by atoms with van der Waals surface area (Å²) in [7, 11) is 0. The molecular weight excluding hydrogens is 455 g/mol. The van der Waals surface area contributed by atoms with Gasteiger partial charge in [-0.25, -0.2) is 13.9 Å². The molecule has 176 valence electrons. The fraction of sp³-hybridized carbons (Fsp3) is 0.522. The minimum atomic E-state index is -0.585. The quantitative estimate of drug-likeness (QED) is 0.253. The number of aromatic nitrogens is 2. The Morgan fingerprint density at radius 1 is 1.22 bits per heavy atom. The fourth-order valence-electron chi connectivity index (χ4n) is 3.01. The summed E-state index contributed by atoms with van der Waals surface area (Å²) in [5.74, 6) is -0.544.